The minimum atomic E-state index is -0.114. The number of fused-ring (bicyclic) bond motifs is 1. The van der Waals surface area contributed by atoms with E-state index < -0.39 is 0 Å². The normalized spacial score (nSPS) is 13.2. The molecule has 16 heavy (non-hydrogen) atoms. The van der Waals surface area contributed by atoms with E-state index in [4.69, 9.17) is 15.0 Å². The summed E-state index contributed by atoms with van der Waals surface area (Å²) < 4.78 is 10.9. The molecule has 4 nitrogen and oxygen atoms in total. The smallest absolute Gasteiger partial charge is 0.137 e. The third-order valence-electron chi connectivity index (χ3n) is 2.64. The van der Waals surface area contributed by atoms with Crippen molar-refractivity contribution < 1.29 is 9.15 Å². The molecule has 0 spiro atoms. The van der Waals surface area contributed by atoms with Crippen LogP contribution < -0.4 is 11.3 Å². The number of rotatable bonds is 4. The van der Waals surface area contributed by atoms with Gasteiger partial charge in [-0.3, -0.25) is 5.84 Å². The van der Waals surface area contributed by atoms with Gasteiger partial charge in [-0.25, -0.2) is 5.43 Å². The van der Waals surface area contributed by atoms with Gasteiger partial charge in [-0.05, 0) is 18.6 Å². The van der Waals surface area contributed by atoms with E-state index in [2.05, 4.69) is 5.43 Å². The maximum atomic E-state index is 5.78. The van der Waals surface area contributed by atoms with Crippen molar-refractivity contribution in [1.82, 2.24) is 5.43 Å². The van der Waals surface area contributed by atoms with Crippen LogP contribution in [0.25, 0.3) is 11.0 Å². The second kappa shape index (κ2) is 4.65. The number of hydrogen-bond acceptors (Lipinski definition) is 4. The molecule has 86 valence electrons. The highest BCUT2D eigenvalue weighted by Gasteiger charge is 2.15. The van der Waals surface area contributed by atoms with Gasteiger partial charge in [-0.15, -0.1) is 0 Å². The first kappa shape index (κ1) is 11.1. The molecule has 0 saturated heterocycles. The van der Waals surface area contributed by atoms with Gasteiger partial charge in [0.15, 0.2) is 0 Å². The summed E-state index contributed by atoms with van der Waals surface area (Å²) in [6, 6.07) is 7.94. The van der Waals surface area contributed by atoms with Crippen LogP contribution in [0.2, 0.25) is 0 Å². The van der Waals surface area contributed by atoms with Crippen molar-refractivity contribution in [3.63, 3.8) is 0 Å². The highest BCUT2D eigenvalue weighted by atomic mass is 16.5. The predicted molar refractivity (Wildman–Crippen MR) is 62.9 cm³/mol. The first-order chi connectivity index (χ1) is 7.76. The Labute approximate surface area is 94.3 Å². The van der Waals surface area contributed by atoms with Crippen molar-refractivity contribution in [2.24, 2.45) is 5.84 Å². The van der Waals surface area contributed by atoms with E-state index in [0.717, 1.165) is 22.3 Å². The Morgan fingerprint density at radius 2 is 2.31 bits per heavy atom. The van der Waals surface area contributed by atoms with Gasteiger partial charge >= 0.3 is 0 Å². The molecule has 0 amide bonds. The molecule has 4 heteroatoms. The Bertz CT molecular complexity index is 479. The van der Waals surface area contributed by atoms with Gasteiger partial charge in [0.25, 0.3) is 0 Å². The summed E-state index contributed by atoms with van der Waals surface area (Å²) in [5.74, 6) is 6.26. The summed E-state index contributed by atoms with van der Waals surface area (Å²) in [7, 11) is 1.64. The lowest BCUT2D eigenvalue weighted by Crippen LogP contribution is -2.30. The van der Waals surface area contributed by atoms with Crippen LogP contribution in [0.5, 0.6) is 0 Å². The van der Waals surface area contributed by atoms with Crippen LogP contribution in [-0.4, -0.2) is 13.7 Å². The summed E-state index contributed by atoms with van der Waals surface area (Å²) in [6.45, 7) is 2.51. The maximum absolute atomic E-state index is 5.78. The zero-order valence-electron chi connectivity index (χ0n) is 9.49. The zero-order chi connectivity index (χ0) is 11.5. The molecule has 0 bridgehead atoms. The van der Waals surface area contributed by atoms with Crippen molar-refractivity contribution in [3.8, 4) is 0 Å². The first-order valence-corrected chi connectivity index (χ1v) is 5.20. The highest BCUT2D eigenvalue weighted by molar-refractivity contribution is 5.80. The molecule has 2 aromatic rings. The number of nitrogens with one attached hydrogen (secondary N) is 1. The Kier molecular flexibility index (Phi) is 3.24. The number of hydrogen-bond donors (Lipinski definition) is 2. The summed E-state index contributed by atoms with van der Waals surface area (Å²) in [6.07, 6.45) is 0. The van der Waals surface area contributed by atoms with E-state index in [1.54, 1.807) is 7.11 Å². The van der Waals surface area contributed by atoms with Crippen molar-refractivity contribution in [2.45, 2.75) is 13.0 Å². The van der Waals surface area contributed by atoms with Crippen molar-refractivity contribution in [3.05, 3.63) is 35.6 Å². The number of hydrazine groups is 1. The summed E-state index contributed by atoms with van der Waals surface area (Å²) in [5, 5.41) is 1.09. The molecule has 1 atom stereocenters. The third-order valence-corrected chi connectivity index (χ3v) is 2.64. The Morgan fingerprint density at radius 1 is 1.50 bits per heavy atom. The lowest BCUT2D eigenvalue weighted by atomic mass is 10.1. The molecular weight excluding hydrogens is 204 g/mol. The molecule has 1 aromatic heterocycles. The summed E-state index contributed by atoms with van der Waals surface area (Å²) >= 11 is 0. The zero-order valence-corrected chi connectivity index (χ0v) is 9.49. The molecule has 0 saturated carbocycles. The Morgan fingerprint density at radius 3 is 2.94 bits per heavy atom. The van der Waals surface area contributed by atoms with E-state index >= 15 is 0 Å². The monoisotopic (exact) mass is 220 g/mol. The van der Waals surface area contributed by atoms with Crippen molar-refractivity contribution >= 4 is 11.0 Å². The van der Waals surface area contributed by atoms with Crippen LogP contribution in [0.4, 0.5) is 0 Å². The molecular formula is C12H16N2O2. The molecule has 0 aliphatic heterocycles. The average Bonchev–Trinajstić information content (AvgIpc) is 2.71. The fourth-order valence-electron chi connectivity index (χ4n) is 1.78. The van der Waals surface area contributed by atoms with Gasteiger partial charge < -0.3 is 9.15 Å². The number of aryl methyl sites for hydroxylation is 1. The standard InChI is InChI=1S/C12H16N2O2/c1-8-4-3-5-9-6-11(16-12(8)9)10(14-13)7-15-2/h3-6,10,14H,7,13H2,1-2H3. The van der Waals surface area contributed by atoms with E-state index in [1.165, 1.54) is 0 Å². The SMILES string of the molecule is COCC(NN)c1cc2cccc(C)c2o1. The van der Waals surface area contributed by atoms with E-state index in [1.807, 2.05) is 31.2 Å². The van der Waals surface area contributed by atoms with Crippen molar-refractivity contribution in [1.29, 1.82) is 0 Å². The van der Waals surface area contributed by atoms with Crippen molar-refractivity contribution in [2.75, 3.05) is 13.7 Å². The van der Waals surface area contributed by atoms with E-state index in [-0.39, 0.29) is 6.04 Å². The van der Waals surface area contributed by atoms with Gasteiger partial charge in [-0.2, -0.15) is 0 Å². The van der Waals surface area contributed by atoms with Gasteiger partial charge in [0.1, 0.15) is 17.4 Å². The molecule has 1 heterocycles. The molecule has 0 aliphatic carbocycles. The molecule has 0 aliphatic rings. The lowest BCUT2D eigenvalue weighted by molar-refractivity contribution is 0.158. The predicted octanol–water partition coefficient (Wildman–Crippen LogP) is 1.89. The molecule has 3 N–H and O–H groups in total. The van der Waals surface area contributed by atoms with Crippen LogP contribution in [0.15, 0.2) is 28.7 Å². The third kappa shape index (κ3) is 1.95. The van der Waals surface area contributed by atoms with Crippen LogP contribution >= 0.6 is 0 Å². The quantitative estimate of drug-likeness (QED) is 0.610. The maximum Gasteiger partial charge on any atom is 0.137 e. The molecule has 1 unspecified atom stereocenters. The minimum Gasteiger partial charge on any atom is -0.459 e. The van der Waals surface area contributed by atoms with Crippen LogP contribution in [0.3, 0.4) is 0 Å². The molecule has 0 fully saturated rings. The van der Waals surface area contributed by atoms with E-state index in [9.17, 15) is 0 Å². The first-order valence-electron chi connectivity index (χ1n) is 5.20. The number of benzene rings is 1. The second-order valence-electron chi connectivity index (χ2n) is 3.82. The number of para-hydroxylation sites is 1. The minimum absolute atomic E-state index is 0.114. The average molecular weight is 220 g/mol. The summed E-state index contributed by atoms with van der Waals surface area (Å²) in [5.41, 5.74) is 4.71. The lowest BCUT2D eigenvalue weighted by Gasteiger charge is -2.11. The Hall–Kier alpha value is -1.36. The number of ether oxygens (including phenoxy) is 1. The molecule has 2 rings (SSSR count). The fourth-order valence-corrected chi connectivity index (χ4v) is 1.78. The van der Waals surface area contributed by atoms with Crippen LogP contribution in [-0.2, 0) is 4.74 Å². The topological polar surface area (TPSA) is 60.4 Å². The van der Waals surface area contributed by atoms with E-state index in [0.29, 0.717) is 6.61 Å². The number of furan rings is 1. The van der Waals surface area contributed by atoms with Gasteiger partial charge in [0.05, 0.1) is 6.61 Å². The van der Waals surface area contributed by atoms with Gasteiger partial charge in [0, 0.05) is 12.5 Å². The number of nitrogens with two attached hydrogens (primary N) is 1. The second-order valence-corrected chi connectivity index (χ2v) is 3.82. The molecule has 0 radical (unpaired) electrons. The van der Waals surface area contributed by atoms with Gasteiger partial charge in [-0.1, -0.05) is 18.2 Å². The summed E-state index contributed by atoms with van der Waals surface area (Å²) in [4.78, 5) is 0. The molecule has 1 aromatic carbocycles. The van der Waals surface area contributed by atoms with Gasteiger partial charge in [0.2, 0.25) is 0 Å². The highest BCUT2D eigenvalue weighted by Crippen LogP contribution is 2.26. The van der Waals surface area contributed by atoms with Crippen LogP contribution in [0, 0.1) is 6.92 Å². The fraction of sp³-hybridized carbons (Fsp3) is 0.333. The number of methoxy groups -OCH3 is 1. The Balaban J connectivity index is 2.42. The largest absolute Gasteiger partial charge is 0.459 e. The van der Waals surface area contributed by atoms with Crippen LogP contribution in [0.1, 0.15) is 17.4 Å².